The van der Waals surface area contributed by atoms with Gasteiger partial charge >= 0.3 is 0 Å². The minimum atomic E-state index is -0.683. The van der Waals surface area contributed by atoms with E-state index >= 15 is 0 Å². The van der Waals surface area contributed by atoms with Crippen molar-refractivity contribution >= 4 is 11.0 Å². The Morgan fingerprint density at radius 2 is 1.57 bits per heavy atom. The van der Waals surface area contributed by atoms with Crippen LogP contribution >= 0.6 is 0 Å². The Morgan fingerprint density at radius 1 is 0.867 bits per heavy atom. The van der Waals surface area contributed by atoms with E-state index in [0.29, 0.717) is 13.2 Å². The van der Waals surface area contributed by atoms with Gasteiger partial charge in [-0.25, -0.2) is 4.98 Å². The normalized spacial score (nSPS) is 12.1. The van der Waals surface area contributed by atoms with Crippen molar-refractivity contribution in [3.63, 3.8) is 0 Å². The van der Waals surface area contributed by atoms with Crippen LogP contribution in [0, 0.1) is 13.8 Å². The van der Waals surface area contributed by atoms with Gasteiger partial charge in [-0.3, -0.25) is 0 Å². The molecule has 5 nitrogen and oxygen atoms in total. The fourth-order valence-corrected chi connectivity index (χ4v) is 3.57. The first-order valence-corrected chi connectivity index (χ1v) is 10.1. The Kier molecular flexibility index (Phi) is 6.00. The van der Waals surface area contributed by atoms with Crippen LogP contribution in [0.1, 0.15) is 17.0 Å². The van der Waals surface area contributed by atoms with E-state index in [1.165, 1.54) is 0 Å². The number of hydrogen-bond acceptors (Lipinski definition) is 4. The topological polar surface area (TPSA) is 56.5 Å². The van der Waals surface area contributed by atoms with Crippen molar-refractivity contribution in [2.24, 2.45) is 0 Å². The van der Waals surface area contributed by atoms with Crippen LogP contribution in [-0.4, -0.2) is 27.4 Å². The number of aliphatic hydroxyl groups excluding tert-OH is 1. The molecule has 0 saturated carbocycles. The van der Waals surface area contributed by atoms with E-state index in [4.69, 9.17) is 14.5 Å². The second-order valence-electron chi connectivity index (χ2n) is 7.41. The number of imidazole rings is 1. The lowest BCUT2D eigenvalue weighted by Crippen LogP contribution is -2.25. The van der Waals surface area contributed by atoms with E-state index in [2.05, 4.69) is 0 Å². The maximum absolute atomic E-state index is 10.7. The molecule has 1 heterocycles. The second-order valence-corrected chi connectivity index (χ2v) is 7.41. The number of para-hydroxylation sites is 4. The minimum Gasteiger partial charge on any atom is -0.490 e. The summed E-state index contributed by atoms with van der Waals surface area (Å²) in [5.74, 6) is 2.39. The molecule has 0 radical (unpaired) electrons. The van der Waals surface area contributed by atoms with E-state index in [1.807, 2.05) is 91.2 Å². The quantitative estimate of drug-likeness (QED) is 0.465. The molecule has 0 aliphatic carbocycles. The molecular weight excluding hydrogens is 376 g/mol. The van der Waals surface area contributed by atoms with Gasteiger partial charge in [0.2, 0.25) is 0 Å². The minimum absolute atomic E-state index is 0.206. The predicted octanol–water partition coefficient (Wildman–Crippen LogP) is 4.67. The molecule has 4 rings (SSSR count). The molecule has 1 N–H and O–H groups in total. The summed E-state index contributed by atoms with van der Waals surface area (Å²) in [7, 11) is 0. The van der Waals surface area contributed by atoms with Crippen molar-refractivity contribution in [2.75, 3.05) is 6.61 Å². The molecule has 0 aliphatic heterocycles. The molecule has 0 fully saturated rings. The molecule has 1 atom stereocenters. The average molecular weight is 402 g/mol. The summed E-state index contributed by atoms with van der Waals surface area (Å²) in [5, 5.41) is 10.7. The average Bonchev–Trinajstić information content (AvgIpc) is 3.10. The highest BCUT2D eigenvalue weighted by molar-refractivity contribution is 5.75. The highest BCUT2D eigenvalue weighted by atomic mass is 16.5. The summed E-state index contributed by atoms with van der Waals surface area (Å²) in [5.41, 5.74) is 3.97. The smallest absolute Gasteiger partial charge is 0.148 e. The van der Waals surface area contributed by atoms with Gasteiger partial charge in [0.05, 0.1) is 17.6 Å². The molecule has 0 aliphatic rings. The summed E-state index contributed by atoms with van der Waals surface area (Å²) in [6, 6.07) is 23.6. The number of benzene rings is 3. The Labute approximate surface area is 176 Å². The second kappa shape index (κ2) is 9.01. The van der Waals surface area contributed by atoms with Gasteiger partial charge in [-0.1, -0.05) is 48.5 Å². The molecule has 154 valence electrons. The van der Waals surface area contributed by atoms with Crippen LogP contribution in [0.5, 0.6) is 11.5 Å². The van der Waals surface area contributed by atoms with Crippen molar-refractivity contribution in [3.05, 3.63) is 89.7 Å². The van der Waals surface area contributed by atoms with Crippen molar-refractivity contribution < 1.29 is 14.6 Å². The van der Waals surface area contributed by atoms with Crippen molar-refractivity contribution in [1.82, 2.24) is 9.55 Å². The summed E-state index contributed by atoms with van der Waals surface area (Å²) in [4.78, 5) is 4.71. The third-order valence-electron chi connectivity index (χ3n) is 5.07. The summed E-state index contributed by atoms with van der Waals surface area (Å²) < 4.78 is 13.9. The zero-order valence-electron chi connectivity index (χ0n) is 17.3. The Balaban J connectivity index is 1.50. The van der Waals surface area contributed by atoms with Gasteiger partial charge in [-0.15, -0.1) is 0 Å². The van der Waals surface area contributed by atoms with E-state index in [-0.39, 0.29) is 6.61 Å². The Hall–Kier alpha value is -3.31. The lowest BCUT2D eigenvalue weighted by Gasteiger charge is -2.18. The van der Waals surface area contributed by atoms with Crippen molar-refractivity contribution in [1.29, 1.82) is 0 Å². The van der Waals surface area contributed by atoms with E-state index in [9.17, 15) is 5.11 Å². The molecule has 30 heavy (non-hydrogen) atoms. The number of aromatic nitrogens is 2. The molecule has 4 aromatic rings. The SMILES string of the molecule is Cc1cccc(C)c1OC[C@@H](O)Cn1c(COc2ccccc2)nc2ccccc21. The van der Waals surface area contributed by atoms with Crippen LogP contribution < -0.4 is 9.47 Å². The zero-order chi connectivity index (χ0) is 20.9. The molecule has 0 bridgehead atoms. The van der Waals surface area contributed by atoms with Crippen LogP contribution in [-0.2, 0) is 13.2 Å². The van der Waals surface area contributed by atoms with Crippen LogP contribution in [0.25, 0.3) is 11.0 Å². The number of nitrogens with zero attached hydrogens (tertiary/aromatic N) is 2. The maximum atomic E-state index is 10.7. The van der Waals surface area contributed by atoms with Gasteiger partial charge in [0.25, 0.3) is 0 Å². The van der Waals surface area contributed by atoms with Crippen LogP contribution in [0.3, 0.4) is 0 Å². The fourth-order valence-electron chi connectivity index (χ4n) is 3.57. The summed E-state index contributed by atoms with van der Waals surface area (Å²) >= 11 is 0. The Bertz CT molecular complexity index is 1100. The number of rotatable bonds is 8. The van der Waals surface area contributed by atoms with E-state index in [1.54, 1.807) is 0 Å². The predicted molar refractivity (Wildman–Crippen MR) is 118 cm³/mol. The molecular formula is C25H26N2O3. The Morgan fingerprint density at radius 3 is 2.33 bits per heavy atom. The summed E-state index contributed by atoms with van der Waals surface area (Å²) in [6.45, 7) is 4.92. The monoisotopic (exact) mass is 402 g/mol. The number of aryl methyl sites for hydroxylation is 2. The third-order valence-corrected chi connectivity index (χ3v) is 5.07. The number of ether oxygens (including phenoxy) is 2. The molecule has 3 aromatic carbocycles. The number of aliphatic hydroxyl groups is 1. The first-order valence-electron chi connectivity index (χ1n) is 10.1. The van der Waals surface area contributed by atoms with Gasteiger partial charge in [-0.05, 0) is 49.2 Å². The van der Waals surface area contributed by atoms with Crippen molar-refractivity contribution in [3.8, 4) is 11.5 Å². The molecule has 1 aromatic heterocycles. The van der Waals surface area contributed by atoms with Crippen LogP contribution in [0.2, 0.25) is 0 Å². The molecule has 0 saturated heterocycles. The van der Waals surface area contributed by atoms with E-state index in [0.717, 1.165) is 39.5 Å². The highest BCUT2D eigenvalue weighted by Crippen LogP contribution is 2.23. The lowest BCUT2D eigenvalue weighted by atomic mass is 10.1. The highest BCUT2D eigenvalue weighted by Gasteiger charge is 2.16. The number of fused-ring (bicyclic) bond motifs is 1. The van der Waals surface area contributed by atoms with Crippen LogP contribution in [0.15, 0.2) is 72.8 Å². The summed E-state index contributed by atoms with van der Waals surface area (Å²) in [6.07, 6.45) is -0.683. The standard InChI is InChI=1S/C25H26N2O3/c1-18-9-8-10-19(2)25(18)30-16-20(28)15-27-23-14-7-6-13-22(23)26-24(27)17-29-21-11-4-3-5-12-21/h3-14,20,28H,15-17H2,1-2H3/t20-/m0/s1. The first kappa shape index (κ1) is 20.0. The lowest BCUT2D eigenvalue weighted by molar-refractivity contribution is 0.0911. The van der Waals surface area contributed by atoms with Crippen LogP contribution in [0.4, 0.5) is 0 Å². The molecule has 5 heteroatoms. The molecule has 0 unspecified atom stereocenters. The molecule has 0 spiro atoms. The van der Waals surface area contributed by atoms with Gasteiger partial charge in [0.1, 0.15) is 36.6 Å². The van der Waals surface area contributed by atoms with Gasteiger partial charge in [0, 0.05) is 0 Å². The van der Waals surface area contributed by atoms with Gasteiger partial charge in [0.15, 0.2) is 0 Å². The van der Waals surface area contributed by atoms with E-state index < -0.39 is 6.10 Å². The first-order chi connectivity index (χ1) is 14.6. The molecule has 0 amide bonds. The third kappa shape index (κ3) is 4.47. The largest absolute Gasteiger partial charge is 0.490 e. The van der Waals surface area contributed by atoms with Gasteiger partial charge < -0.3 is 19.1 Å². The zero-order valence-corrected chi connectivity index (χ0v) is 17.3. The van der Waals surface area contributed by atoms with Gasteiger partial charge in [-0.2, -0.15) is 0 Å². The fraction of sp³-hybridized carbons (Fsp3) is 0.240. The number of hydrogen-bond donors (Lipinski definition) is 1. The maximum Gasteiger partial charge on any atom is 0.148 e. The van der Waals surface area contributed by atoms with Crippen molar-refractivity contribution in [2.45, 2.75) is 33.1 Å².